The van der Waals surface area contributed by atoms with E-state index in [0.717, 1.165) is 5.69 Å². The lowest BCUT2D eigenvalue weighted by Gasteiger charge is -2.07. The zero-order valence-corrected chi connectivity index (χ0v) is 10.7. The maximum atomic E-state index is 11.8. The van der Waals surface area contributed by atoms with Gasteiger partial charge in [-0.15, -0.1) is 0 Å². The molecule has 0 saturated heterocycles. The molecule has 2 aromatic heterocycles. The summed E-state index contributed by atoms with van der Waals surface area (Å²) in [6, 6.07) is 6.63. The zero-order valence-electron chi connectivity index (χ0n) is 10.7. The highest BCUT2D eigenvalue weighted by Gasteiger charge is 2.12. The Hall–Kier alpha value is -2.89. The third-order valence-electron chi connectivity index (χ3n) is 3.03. The Morgan fingerprint density at radius 2 is 2.20 bits per heavy atom. The van der Waals surface area contributed by atoms with Gasteiger partial charge in [0.2, 0.25) is 5.56 Å². The molecule has 0 aliphatic rings. The van der Waals surface area contributed by atoms with Crippen molar-refractivity contribution in [2.45, 2.75) is 0 Å². The second-order valence-electron chi connectivity index (χ2n) is 4.24. The molecule has 6 heteroatoms. The van der Waals surface area contributed by atoms with Gasteiger partial charge in [0, 0.05) is 35.1 Å². The molecular weight excluding hydrogens is 258 g/mol. The zero-order chi connectivity index (χ0) is 14.1. The number of benzene rings is 1. The number of carbonyl (C=O) groups excluding carboxylic acids is 1. The number of hydrogen-bond donors (Lipinski definition) is 1. The van der Waals surface area contributed by atoms with Gasteiger partial charge in [-0.3, -0.25) is 4.79 Å². The van der Waals surface area contributed by atoms with Crippen molar-refractivity contribution in [3.8, 4) is 5.69 Å². The van der Waals surface area contributed by atoms with E-state index in [4.69, 9.17) is 4.74 Å². The first-order valence-corrected chi connectivity index (χ1v) is 5.93. The number of hydrogen-bond acceptors (Lipinski definition) is 4. The van der Waals surface area contributed by atoms with Gasteiger partial charge in [-0.2, -0.15) is 0 Å². The molecule has 0 fully saturated rings. The van der Waals surface area contributed by atoms with Crippen molar-refractivity contribution < 1.29 is 9.53 Å². The Labute approximate surface area is 113 Å². The lowest BCUT2D eigenvalue weighted by atomic mass is 10.1. The molecule has 100 valence electrons. The lowest BCUT2D eigenvalue weighted by molar-refractivity contribution is 0.0603. The second kappa shape index (κ2) is 4.65. The van der Waals surface area contributed by atoms with Crippen molar-refractivity contribution in [3.05, 3.63) is 58.9 Å². The van der Waals surface area contributed by atoms with Crippen LogP contribution in [-0.4, -0.2) is 27.6 Å². The first kappa shape index (κ1) is 12.2. The fraction of sp³-hybridized carbons (Fsp3) is 0.0714. The van der Waals surface area contributed by atoms with Gasteiger partial charge in [0.05, 0.1) is 19.0 Å². The summed E-state index contributed by atoms with van der Waals surface area (Å²) in [5.41, 5.74) is 1.33. The van der Waals surface area contributed by atoms with Gasteiger partial charge in [0.25, 0.3) is 0 Å². The summed E-state index contributed by atoms with van der Waals surface area (Å²) in [5.74, 6) is -0.538. The quantitative estimate of drug-likeness (QED) is 0.715. The largest absolute Gasteiger partial charge is 0.465 e. The molecule has 1 N–H and O–H groups in total. The van der Waals surface area contributed by atoms with Gasteiger partial charge in [-0.05, 0) is 18.2 Å². The highest BCUT2D eigenvalue weighted by Crippen LogP contribution is 2.20. The number of methoxy groups -OCH3 is 1. The van der Waals surface area contributed by atoms with Crippen LogP contribution in [0.2, 0.25) is 0 Å². The third-order valence-corrected chi connectivity index (χ3v) is 3.03. The highest BCUT2D eigenvalue weighted by atomic mass is 16.5. The van der Waals surface area contributed by atoms with E-state index in [1.54, 1.807) is 30.9 Å². The number of fused-ring (bicyclic) bond motifs is 1. The second-order valence-corrected chi connectivity index (χ2v) is 4.24. The topological polar surface area (TPSA) is 77.0 Å². The summed E-state index contributed by atoms with van der Waals surface area (Å²) >= 11 is 0. The van der Waals surface area contributed by atoms with Crippen LogP contribution in [0.25, 0.3) is 16.6 Å². The fourth-order valence-electron chi connectivity index (χ4n) is 2.09. The molecule has 0 bridgehead atoms. The van der Waals surface area contributed by atoms with Crippen molar-refractivity contribution in [3.63, 3.8) is 0 Å². The highest BCUT2D eigenvalue weighted by molar-refractivity contribution is 6.03. The van der Waals surface area contributed by atoms with Gasteiger partial charge >= 0.3 is 5.97 Å². The van der Waals surface area contributed by atoms with Crippen molar-refractivity contribution in [1.29, 1.82) is 0 Å². The van der Waals surface area contributed by atoms with E-state index in [1.807, 2.05) is 10.6 Å². The number of H-pyrrole nitrogens is 1. The standard InChI is InChI=1S/C14H11N3O3/c1-20-14(19)11-7-13(18)16-12-3-2-9(6-10(11)12)17-5-4-15-8-17/h2-8H,1H3,(H,16,18). The summed E-state index contributed by atoms with van der Waals surface area (Å²) in [7, 11) is 1.29. The van der Waals surface area contributed by atoms with Crippen LogP contribution >= 0.6 is 0 Å². The minimum atomic E-state index is -0.538. The molecule has 0 aliphatic carbocycles. The molecule has 0 atom stereocenters. The molecule has 0 radical (unpaired) electrons. The molecule has 2 heterocycles. The Bertz CT molecular complexity index is 834. The molecule has 3 rings (SSSR count). The van der Waals surface area contributed by atoms with Crippen LogP contribution in [0.15, 0.2) is 47.8 Å². The number of carbonyl (C=O) groups is 1. The number of aromatic nitrogens is 3. The first-order valence-electron chi connectivity index (χ1n) is 5.93. The average molecular weight is 269 g/mol. The predicted molar refractivity (Wildman–Crippen MR) is 73.0 cm³/mol. The Morgan fingerprint density at radius 3 is 2.90 bits per heavy atom. The molecule has 0 spiro atoms. The first-order chi connectivity index (χ1) is 9.69. The van der Waals surface area contributed by atoms with E-state index in [1.165, 1.54) is 13.2 Å². The lowest BCUT2D eigenvalue weighted by Crippen LogP contribution is -2.11. The van der Waals surface area contributed by atoms with Gasteiger partial charge in [0.1, 0.15) is 0 Å². The van der Waals surface area contributed by atoms with Gasteiger partial charge in [-0.25, -0.2) is 9.78 Å². The van der Waals surface area contributed by atoms with Crippen LogP contribution < -0.4 is 5.56 Å². The van der Waals surface area contributed by atoms with E-state index in [2.05, 4.69) is 9.97 Å². The van der Waals surface area contributed by atoms with Crippen molar-refractivity contribution >= 4 is 16.9 Å². The molecule has 6 nitrogen and oxygen atoms in total. The monoisotopic (exact) mass is 269 g/mol. The summed E-state index contributed by atoms with van der Waals surface area (Å²) in [4.78, 5) is 30.0. The SMILES string of the molecule is COC(=O)c1cc(=O)[nH]c2ccc(-n3ccnc3)cc12. The fourth-order valence-corrected chi connectivity index (χ4v) is 2.09. The Morgan fingerprint density at radius 1 is 1.35 bits per heavy atom. The molecule has 0 saturated carbocycles. The Kier molecular flexibility index (Phi) is 2.83. The molecule has 20 heavy (non-hydrogen) atoms. The number of nitrogens with zero attached hydrogens (tertiary/aromatic N) is 2. The molecule has 3 aromatic rings. The number of esters is 1. The molecule has 0 unspecified atom stereocenters. The predicted octanol–water partition coefficient (Wildman–Crippen LogP) is 1.50. The number of aromatic amines is 1. The number of imidazole rings is 1. The van der Waals surface area contributed by atoms with Crippen molar-refractivity contribution in [2.75, 3.05) is 7.11 Å². The third kappa shape index (κ3) is 1.97. The smallest absolute Gasteiger partial charge is 0.338 e. The number of ether oxygens (including phenoxy) is 1. The Balaban J connectivity index is 2.29. The molecule has 0 amide bonds. The number of rotatable bonds is 2. The van der Waals surface area contributed by atoms with E-state index in [9.17, 15) is 9.59 Å². The average Bonchev–Trinajstić information content (AvgIpc) is 2.99. The minimum absolute atomic E-state index is 0.244. The van der Waals surface area contributed by atoms with Crippen LogP contribution in [-0.2, 0) is 4.74 Å². The number of nitrogens with one attached hydrogen (secondary N) is 1. The van der Waals surface area contributed by atoms with Crippen LogP contribution in [0, 0.1) is 0 Å². The van der Waals surface area contributed by atoms with Crippen molar-refractivity contribution in [1.82, 2.24) is 14.5 Å². The minimum Gasteiger partial charge on any atom is -0.465 e. The summed E-state index contributed by atoms with van der Waals surface area (Å²) in [5, 5.41) is 0.627. The van der Waals surface area contributed by atoms with E-state index in [0.29, 0.717) is 10.9 Å². The summed E-state index contributed by atoms with van der Waals surface area (Å²) in [6.45, 7) is 0. The molecular formula is C14H11N3O3. The van der Waals surface area contributed by atoms with E-state index >= 15 is 0 Å². The summed E-state index contributed by atoms with van der Waals surface area (Å²) in [6.07, 6.45) is 5.12. The van der Waals surface area contributed by atoms with Crippen LogP contribution in [0.3, 0.4) is 0 Å². The van der Waals surface area contributed by atoms with E-state index in [-0.39, 0.29) is 11.1 Å². The molecule has 0 aliphatic heterocycles. The normalized spacial score (nSPS) is 10.7. The van der Waals surface area contributed by atoms with E-state index < -0.39 is 5.97 Å². The van der Waals surface area contributed by atoms with Crippen LogP contribution in [0.1, 0.15) is 10.4 Å². The van der Waals surface area contributed by atoms with Gasteiger partial charge in [0.15, 0.2) is 0 Å². The van der Waals surface area contributed by atoms with Crippen LogP contribution in [0.5, 0.6) is 0 Å². The van der Waals surface area contributed by atoms with Gasteiger partial charge in [-0.1, -0.05) is 0 Å². The van der Waals surface area contributed by atoms with Gasteiger partial charge < -0.3 is 14.3 Å². The molecule has 1 aromatic carbocycles. The number of pyridine rings is 1. The maximum absolute atomic E-state index is 11.8. The van der Waals surface area contributed by atoms with Crippen LogP contribution in [0.4, 0.5) is 0 Å². The maximum Gasteiger partial charge on any atom is 0.338 e. The van der Waals surface area contributed by atoms with Crippen molar-refractivity contribution in [2.24, 2.45) is 0 Å². The summed E-state index contributed by atoms with van der Waals surface area (Å²) < 4.78 is 6.53.